The highest BCUT2D eigenvalue weighted by Gasteiger charge is 2.25. The molecule has 6 nitrogen and oxygen atoms in total. The monoisotopic (exact) mass is 354 g/mol. The van der Waals surface area contributed by atoms with Gasteiger partial charge >= 0.3 is 5.97 Å². The van der Waals surface area contributed by atoms with Crippen molar-refractivity contribution in [3.8, 4) is 0 Å². The molecule has 2 N–H and O–H groups in total. The van der Waals surface area contributed by atoms with Gasteiger partial charge in [-0.3, -0.25) is 4.79 Å². The molecule has 1 aliphatic heterocycles. The van der Waals surface area contributed by atoms with Crippen molar-refractivity contribution < 1.29 is 9.90 Å². The van der Waals surface area contributed by atoms with Gasteiger partial charge in [-0.2, -0.15) is 4.98 Å². The molecule has 6 heteroatoms. The van der Waals surface area contributed by atoms with Crippen LogP contribution >= 0.6 is 0 Å². The van der Waals surface area contributed by atoms with Crippen LogP contribution in [0.4, 0.5) is 17.5 Å². The SMILES string of the molecule is Cc1cc(N2CCC(C(=O)O)CC2)nc(Nc2ccc(C(C)C)cc2)n1. The van der Waals surface area contributed by atoms with Crippen LogP contribution in [0, 0.1) is 12.8 Å². The molecule has 3 rings (SSSR count). The summed E-state index contributed by atoms with van der Waals surface area (Å²) in [6, 6.07) is 10.3. The third kappa shape index (κ3) is 4.31. The summed E-state index contributed by atoms with van der Waals surface area (Å²) in [6.07, 6.45) is 1.30. The molecule has 0 bridgehead atoms. The number of rotatable bonds is 5. The molecule has 2 aromatic rings. The molecule has 1 aromatic carbocycles. The summed E-state index contributed by atoms with van der Waals surface area (Å²) in [6.45, 7) is 7.70. The van der Waals surface area contributed by atoms with Crippen molar-refractivity contribution in [3.63, 3.8) is 0 Å². The maximum absolute atomic E-state index is 11.1. The number of piperidine rings is 1. The van der Waals surface area contributed by atoms with Gasteiger partial charge in [0.15, 0.2) is 0 Å². The first-order chi connectivity index (χ1) is 12.4. The Morgan fingerprint density at radius 1 is 1.19 bits per heavy atom. The van der Waals surface area contributed by atoms with Gasteiger partial charge in [0.25, 0.3) is 0 Å². The molecular formula is C20H26N4O2. The molecule has 26 heavy (non-hydrogen) atoms. The highest BCUT2D eigenvalue weighted by atomic mass is 16.4. The fraction of sp³-hybridized carbons (Fsp3) is 0.450. The topological polar surface area (TPSA) is 78.4 Å². The molecule has 1 fully saturated rings. The molecule has 1 aromatic heterocycles. The number of aromatic nitrogens is 2. The smallest absolute Gasteiger partial charge is 0.306 e. The number of hydrogen-bond acceptors (Lipinski definition) is 5. The number of hydrogen-bond donors (Lipinski definition) is 2. The molecule has 0 aliphatic carbocycles. The molecule has 138 valence electrons. The minimum atomic E-state index is -0.698. The van der Waals surface area contributed by atoms with Crippen molar-refractivity contribution in [2.24, 2.45) is 5.92 Å². The highest BCUT2D eigenvalue weighted by molar-refractivity contribution is 5.70. The van der Waals surface area contributed by atoms with E-state index < -0.39 is 5.97 Å². The lowest BCUT2D eigenvalue weighted by atomic mass is 9.97. The molecule has 0 radical (unpaired) electrons. The number of benzene rings is 1. The lowest BCUT2D eigenvalue weighted by Gasteiger charge is -2.31. The standard InChI is InChI=1S/C20H26N4O2/c1-13(2)15-4-6-17(7-5-15)22-20-21-14(3)12-18(23-20)24-10-8-16(9-11-24)19(25)26/h4-7,12-13,16H,8-11H2,1-3H3,(H,25,26)(H,21,22,23). The molecule has 0 spiro atoms. The van der Waals surface area contributed by atoms with Crippen molar-refractivity contribution >= 4 is 23.4 Å². The number of aliphatic carboxylic acids is 1. The Morgan fingerprint density at radius 3 is 2.42 bits per heavy atom. The van der Waals surface area contributed by atoms with Crippen LogP contribution in [-0.4, -0.2) is 34.1 Å². The minimum Gasteiger partial charge on any atom is -0.481 e. The largest absolute Gasteiger partial charge is 0.481 e. The lowest BCUT2D eigenvalue weighted by Crippen LogP contribution is -2.36. The van der Waals surface area contributed by atoms with E-state index in [1.807, 2.05) is 25.1 Å². The zero-order chi connectivity index (χ0) is 18.7. The van der Waals surface area contributed by atoms with E-state index in [2.05, 4.69) is 46.2 Å². The van der Waals surface area contributed by atoms with Gasteiger partial charge < -0.3 is 15.3 Å². The Morgan fingerprint density at radius 2 is 1.85 bits per heavy atom. The molecule has 2 heterocycles. The molecule has 0 saturated carbocycles. The molecule has 1 aliphatic rings. The van der Waals surface area contributed by atoms with E-state index >= 15 is 0 Å². The van der Waals surface area contributed by atoms with E-state index in [0.717, 1.165) is 17.2 Å². The van der Waals surface area contributed by atoms with E-state index in [-0.39, 0.29) is 5.92 Å². The fourth-order valence-electron chi connectivity index (χ4n) is 3.21. The number of aryl methyl sites for hydroxylation is 1. The van der Waals surface area contributed by atoms with Gasteiger partial charge in [-0.05, 0) is 43.4 Å². The van der Waals surface area contributed by atoms with Crippen LogP contribution in [0.1, 0.15) is 43.9 Å². The van der Waals surface area contributed by atoms with E-state index in [0.29, 0.717) is 37.8 Å². The van der Waals surface area contributed by atoms with Gasteiger partial charge in [0.1, 0.15) is 5.82 Å². The number of carboxylic acids is 1. The van der Waals surface area contributed by atoms with Gasteiger partial charge in [0, 0.05) is 30.5 Å². The second-order valence-corrected chi connectivity index (χ2v) is 7.19. The molecule has 0 atom stereocenters. The average molecular weight is 354 g/mol. The van der Waals surface area contributed by atoms with Crippen molar-refractivity contribution in [3.05, 3.63) is 41.6 Å². The van der Waals surface area contributed by atoms with E-state index in [1.54, 1.807) is 0 Å². The van der Waals surface area contributed by atoms with Crippen molar-refractivity contribution in [1.82, 2.24) is 9.97 Å². The van der Waals surface area contributed by atoms with Crippen molar-refractivity contribution in [2.45, 2.75) is 39.5 Å². The molecule has 1 saturated heterocycles. The molecule has 0 unspecified atom stereocenters. The van der Waals surface area contributed by atoms with Crippen LogP contribution in [0.5, 0.6) is 0 Å². The Balaban J connectivity index is 1.72. The third-order valence-electron chi connectivity index (χ3n) is 4.84. The second kappa shape index (κ2) is 7.72. The first-order valence-corrected chi connectivity index (χ1v) is 9.13. The fourth-order valence-corrected chi connectivity index (χ4v) is 3.21. The van der Waals surface area contributed by atoms with E-state index in [4.69, 9.17) is 5.11 Å². The maximum Gasteiger partial charge on any atom is 0.306 e. The van der Waals surface area contributed by atoms with Crippen LogP contribution in [-0.2, 0) is 4.79 Å². The lowest BCUT2D eigenvalue weighted by molar-refractivity contribution is -0.142. The first kappa shape index (κ1) is 18.2. The average Bonchev–Trinajstić information content (AvgIpc) is 2.61. The summed E-state index contributed by atoms with van der Waals surface area (Å²) in [7, 11) is 0. The van der Waals surface area contributed by atoms with Crippen LogP contribution < -0.4 is 10.2 Å². The Hall–Kier alpha value is -2.63. The first-order valence-electron chi connectivity index (χ1n) is 9.13. The third-order valence-corrected chi connectivity index (χ3v) is 4.84. The van der Waals surface area contributed by atoms with Gasteiger partial charge in [-0.15, -0.1) is 0 Å². The van der Waals surface area contributed by atoms with Gasteiger partial charge in [0.2, 0.25) is 5.95 Å². The number of anilines is 3. The predicted molar refractivity (Wildman–Crippen MR) is 103 cm³/mol. The maximum atomic E-state index is 11.1. The van der Waals surface area contributed by atoms with Gasteiger partial charge in [-0.25, -0.2) is 4.98 Å². The quantitative estimate of drug-likeness (QED) is 0.846. The highest BCUT2D eigenvalue weighted by Crippen LogP contribution is 2.25. The molecule has 0 amide bonds. The molecular weight excluding hydrogens is 328 g/mol. The summed E-state index contributed by atoms with van der Waals surface area (Å²) in [5, 5.41) is 12.4. The Kier molecular flexibility index (Phi) is 5.40. The summed E-state index contributed by atoms with van der Waals surface area (Å²) >= 11 is 0. The predicted octanol–water partition coefficient (Wildman–Crippen LogP) is 3.95. The summed E-state index contributed by atoms with van der Waals surface area (Å²) in [4.78, 5) is 22.4. The zero-order valence-electron chi connectivity index (χ0n) is 15.6. The summed E-state index contributed by atoms with van der Waals surface area (Å²) < 4.78 is 0. The Bertz CT molecular complexity index is 766. The van der Waals surface area contributed by atoms with Crippen LogP contribution in [0.15, 0.2) is 30.3 Å². The number of carbonyl (C=O) groups is 1. The van der Waals surface area contributed by atoms with Gasteiger partial charge in [0.05, 0.1) is 5.92 Å². The Labute approximate surface area is 154 Å². The number of nitrogens with one attached hydrogen (secondary N) is 1. The number of nitrogens with zero attached hydrogens (tertiary/aromatic N) is 3. The number of carboxylic acid groups (broad SMARTS) is 1. The normalized spacial score (nSPS) is 15.3. The van der Waals surface area contributed by atoms with Crippen LogP contribution in [0.3, 0.4) is 0 Å². The van der Waals surface area contributed by atoms with Gasteiger partial charge in [-0.1, -0.05) is 26.0 Å². The van der Waals surface area contributed by atoms with Crippen molar-refractivity contribution in [1.29, 1.82) is 0 Å². The zero-order valence-corrected chi connectivity index (χ0v) is 15.6. The van der Waals surface area contributed by atoms with Crippen LogP contribution in [0.25, 0.3) is 0 Å². The van der Waals surface area contributed by atoms with Crippen molar-refractivity contribution in [2.75, 3.05) is 23.3 Å². The summed E-state index contributed by atoms with van der Waals surface area (Å²) in [5.74, 6) is 0.974. The van der Waals surface area contributed by atoms with Crippen LogP contribution in [0.2, 0.25) is 0 Å². The minimum absolute atomic E-state index is 0.244. The second-order valence-electron chi connectivity index (χ2n) is 7.19. The van der Waals surface area contributed by atoms with E-state index in [9.17, 15) is 4.79 Å². The van der Waals surface area contributed by atoms with E-state index in [1.165, 1.54) is 5.56 Å². The summed E-state index contributed by atoms with van der Waals surface area (Å²) in [5.41, 5.74) is 3.13.